The van der Waals surface area contributed by atoms with Gasteiger partial charge < -0.3 is 0 Å². The standard InChI is InChI=1S/C20H19ClN4O/c21-16-13-15(19(24-26)18-14(16)7-6-10-23-18)20(17-8-2-3-9-22-17)25-11-4-1-5-12-25/h2-3,6-10,13,20H,1,4-5,11-12H2. The van der Waals surface area contributed by atoms with Crippen molar-refractivity contribution < 1.29 is 0 Å². The van der Waals surface area contributed by atoms with Gasteiger partial charge in [0.1, 0.15) is 11.2 Å². The van der Waals surface area contributed by atoms with Gasteiger partial charge >= 0.3 is 0 Å². The fraction of sp³-hybridized carbons (Fsp3) is 0.300. The van der Waals surface area contributed by atoms with Crippen molar-refractivity contribution in [2.75, 3.05) is 13.1 Å². The molecule has 1 aromatic carbocycles. The number of rotatable bonds is 4. The van der Waals surface area contributed by atoms with E-state index in [1.54, 1.807) is 12.4 Å². The van der Waals surface area contributed by atoms with Crippen LogP contribution in [0.15, 0.2) is 54.0 Å². The number of nitrogens with zero attached hydrogens (tertiary/aromatic N) is 4. The van der Waals surface area contributed by atoms with Crippen LogP contribution < -0.4 is 0 Å². The van der Waals surface area contributed by atoms with Gasteiger partial charge in [-0.1, -0.05) is 24.1 Å². The van der Waals surface area contributed by atoms with Gasteiger partial charge in [-0.15, -0.1) is 4.91 Å². The van der Waals surface area contributed by atoms with E-state index in [1.165, 1.54) is 6.42 Å². The lowest BCUT2D eigenvalue weighted by Gasteiger charge is -2.35. The van der Waals surface area contributed by atoms with E-state index >= 15 is 0 Å². The summed E-state index contributed by atoms with van der Waals surface area (Å²) in [6.07, 6.45) is 6.93. The molecule has 0 radical (unpaired) electrons. The molecule has 0 aliphatic carbocycles. The van der Waals surface area contributed by atoms with Crippen molar-refractivity contribution in [1.29, 1.82) is 0 Å². The van der Waals surface area contributed by atoms with E-state index in [0.29, 0.717) is 16.2 Å². The van der Waals surface area contributed by atoms with Crippen LogP contribution in [0.3, 0.4) is 0 Å². The number of piperidine rings is 1. The van der Waals surface area contributed by atoms with Crippen LogP contribution in [0.25, 0.3) is 10.9 Å². The van der Waals surface area contributed by atoms with Gasteiger partial charge in [-0.05, 0) is 61.4 Å². The Bertz CT molecular complexity index is 926. The average molecular weight is 367 g/mol. The van der Waals surface area contributed by atoms with Crippen molar-refractivity contribution in [3.05, 3.63) is 70.0 Å². The number of likely N-dealkylation sites (tertiary alicyclic amines) is 1. The van der Waals surface area contributed by atoms with Gasteiger partial charge in [-0.3, -0.25) is 14.9 Å². The molecule has 0 bridgehead atoms. The summed E-state index contributed by atoms with van der Waals surface area (Å²) in [5, 5.41) is 4.67. The Hall–Kier alpha value is -2.37. The Kier molecular flexibility index (Phi) is 4.91. The van der Waals surface area contributed by atoms with Gasteiger partial charge in [-0.2, -0.15) is 0 Å². The van der Waals surface area contributed by atoms with Crippen LogP contribution in [-0.4, -0.2) is 28.0 Å². The second-order valence-electron chi connectivity index (χ2n) is 6.54. The minimum Gasteiger partial charge on any atom is -0.291 e. The topological polar surface area (TPSA) is 58.5 Å². The van der Waals surface area contributed by atoms with Gasteiger partial charge in [0.05, 0.1) is 16.8 Å². The summed E-state index contributed by atoms with van der Waals surface area (Å²) in [5.41, 5.74) is 2.57. The molecule has 132 valence electrons. The summed E-state index contributed by atoms with van der Waals surface area (Å²) < 4.78 is 0. The zero-order valence-electron chi connectivity index (χ0n) is 14.3. The van der Waals surface area contributed by atoms with E-state index < -0.39 is 0 Å². The van der Waals surface area contributed by atoms with Crippen LogP contribution in [0.5, 0.6) is 0 Å². The number of aromatic nitrogens is 2. The third kappa shape index (κ3) is 3.08. The molecule has 1 aliphatic heterocycles. The molecular formula is C20H19ClN4O. The van der Waals surface area contributed by atoms with E-state index in [9.17, 15) is 4.91 Å². The normalized spacial score (nSPS) is 16.5. The number of benzene rings is 1. The van der Waals surface area contributed by atoms with Gasteiger partial charge in [0.2, 0.25) is 0 Å². The Balaban J connectivity index is 1.94. The van der Waals surface area contributed by atoms with Crippen LogP contribution in [0, 0.1) is 4.91 Å². The molecule has 6 heteroatoms. The maximum Gasteiger partial charge on any atom is 0.139 e. The van der Waals surface area contributed by atoms with Gasteiger partial charge in [0.25, 0.3) is 0 Å². The average Bonchev–Trinajstić information content (AvgIpc) is 2.70. The Labute approximate surface area is 157 Å². The second-order valence-corrected chi connectivity index (χ2v) is 6.95. The van der Waals surface area contributed by atoms with E-state index in [2.05, 4.69) is 20.0 Å². The third-order valence-electron chi connectivity index (χ3n) is 4.95. The zero-order valence-corrected chi connectivity index (χ0v) is 15.1. The highest BCUT2D eigenvalue weighted by atomic mass is 35.5. The highest BCUT2D eigenvalue weighted by Gasteiger charge is 2.29. The van der Waals surface area contributed by atoms with Crippen molar-refractivity contribution >= 4 is 28.2 Å². The van der Waals surface area contributed by atoms with E-state index in [-0.39, 0.29) is 6.04 Å². The predicted octanol–water partition coefficient (Wildman–Crippen LogP) is 5.26. The summed E-state index contributed by atoms with van der Waals surface area (Å²) in [7, 11) is 0. The smallest absolute Gasteiger partial charge is 0.139 e. The highest BCUT2D eigenvalue weighted by Crippen LogP contribution is 2.41. The molecule has 1 unspecified atom stereocenters. The number of fused-ring (bicyclic) bond motifs is 1. The SMILES string of the molecule is O=Nc1c(C(c2ccccn2)N2CCCCC2)cc(Cl)c2cccnc12. The highest BCUT2D eigenvalue weighted by molar-refractivity contribution is 6.36. The first-order valence-corrected chi connectivity index (χ1v) is 9.23. The van der Waals surface area contributed by atoms with Gasteiger partial charge in [0.15, 0.2) is 0 Å². The Morgan fingerprint density at radius 3 is 2.58 bits per heavy atom. The molecule has 4 rings (SSSR count). The minimum absolute atomic E-state index is 0.159. The van der Waals surface area contributed by atoms with Crippen molar-refractivity contribution in [2.24, 2.45) is 5.18 Å². The fourth-order valence-corrected chi connectivity index (χ4v) is 4.04. The number of hydrogen-bond donors (Lipinski definition) is 0. The minimum atomic E-state index is -0.159. The summed E-state index contributed by atoms with van der Waals surface area (Å²) in [4.78, 5) is 23.1. The molecule has 0 spiro atoms. The van der Waals surface area contributed by atoms with Crippen LogP contribution in [-0.2, 0) is 0 Å². The quantitative estimate of drug-likeness (QED) is 0.591. The molecule has 0 amide bonds. The fourth-order valence-electron chi connectivity index (χ4n) is 3.77. The number of hydrogen-bond acceptors (Lipinski definition) is 5. The first kappa shape index (κ1) is 17.1. The molecule has 5 nitrogen and oxygen atoms in total. The largest absolute Gasteiger partial charge is 0.291 e. The summed E-state index contributed by atoms with van der Waals surface area (Å²) in [6, 6.07) is 11.2. The molecule has 1 fully saturated rings. The van der Waals surface area contributed by atoms with Crippen molar-refractivity contribution in [3.8, 4) is 0 Å². The molecule has 0 N–H and O–H groups in total. The molecular weight excluding hydrogens is 348 g/mol. The number of halogens is 1. The molecule has 3 heterocycles. The molecule has 1 saturated heterocycles. The van der Waals surface area contributed by atoms with Crippen LogP contribution in [0.4, 0.5) is 5.69 Å². The Morgan fingerprint density at radius 2 is 1.85 bits per heavy atom. The first-order chi connectivity index (χ1) is 12.8. The summed E-state index contributed by atoms with van der Waals surface area (Å²) in [6.45, 7) is 1.91. The second kappa shape index (κ2) is 7.48. The lowest BCUT2D eigenvalue weighted by atomic mass is 9.95. The van der Waals surface area contributed by atoms with Gasteiger partial charge in [0, 0.05) is 23.3 Å². The van der Waals surface area contributed by atoms with Crippen molar-refractivity contribution in [3.63, 3.8) is 0 Å². The van der Waals surface area contributed by atoms with Crippen LogP contribution in [0.1, 0.15) is 36.6 Å². The van der Waals surface area contributed by atoms with Crippen LogP contribution in [0.2, 0.25) is 5.02 Å². The molecule has 2 aromatic heterocycles. The Morgan fingerprint density at radius 1 is 1.04 bits per heavy atom. The predicted molar refractivity (Wildman–Crippen MR) is 104 cm³/mol. The molecule has 1 aliphatic rings. The maximum absolute atomic E-state index is 11.8. The first-order valence-electron chi connectivity index (χ1n) is 8.85. The lowest BCUT2D eigenvalue weighted by Crippen LogP contribution is -2.34. The van der Waals surface area contributed by atoms with E-state index in [0.717, 1.165) is 42.6 Å². The molecule has 1 atom stereocenters. The molecule has 26 heavy (non-hydrogen) atoms. The number of pyridine rings is 2. The zero-order chi connectivity index (χ0) is 17.9. The van der Waals surface area contributed by atoms with Crippen LogP contribution >= 0.6 is 11.6 Å². The summed E-state index contributed by atoms with van der Waals surface area (Å²) >= 11 is 6.54. The monoisotopic (exact) mass is 366 g/mol. The van der Waals surface area contributed by atoms with E-state index in [1.807, 2.05) is 36.4 Å². The van der Waals surface area contributed by atoms with E-state index in [4.69, 9.17) is 11.6 Å². The van der Waals surface area contributed by atoms with Gasteiger partial charge in [-0.25, -0.2) is 0 Å². The number of nitroso groups, excluding NO2 is 1. The third-order valence-corrected chi connectivity index (χ3v) is 5.27. The summed E-state index contributed by atoms with van der Waals surface area (Å²) in [5.74, 6) is 0. The molecule has 0 saturated carbocycles. The maximum atomic E-state index is 11.8. The van der Waals surface area contributed by atoms with Crippen molar-refractivity contribution in [2.45, 2.75) is 25.3 Å². The molecule has 3 aromatic rings. The lowest BCUT2D eigenvalue weighted by molar-refractivity contribution is 0.185. The van der Waals surface area contributed by atoms with Crippen molar-refractivity contribution in [1.82, 2.24) is 14.9 Å².